The van der Waals surface area contributed by atoms with Gasteiger partial charge in [-0.3, -0.25) is 4.90 Å². The number of carbonyl (C=O) groups is 1. The number of hydrogen-bond donors (Lipinski definition) is 5. The highest BCUT2D eigenvalue weighted by Crippen LogP contribution is 2.25. The Hall–Kier alpha value is -3.25. The molecule has 3 rings (SSSR count). The molecule has 3 atom stereocenters. The number of nitrogens with zero attached hydrogens (tertiary/aromatic N) is 4. The van der Waals surface area contributed by atoms with Gasteiger partial charge >= 0.3 is 6.03 Å². The zero-order valence-corrected chi connectivity index (χ0v) is 23.8. The van der Waals surface area contributed by atoms with E-state index in [-0.39, 0.29) is 17.5 Å². The minimum Gasteiger partial charge on any atom is -0.386 e. The molecule has 39 heavy (non-hydrogen) atoms. The van der Waals surface area contributed by atoms with Crippen molar-refractivity contribution < 1.29 is 19.7 Å². The molecule has 2 amide bonds. The van der Waals surface area contributed by atoms with Gasteiger partial charge in [-0.15, -0.1) is 0 Å². The summed E-state index contributed by atoms with van der Waals surface area (Å²) in [6.45, 7) is 12.1. The zero-order chi connectivity index (χ0) is 28.7. The molecule has 0 fully saturated rings. The highest BCUT2D eigenvalue weighted by atomic mass is 16.5. The number of methoxy groups -OCH3 is 1. The first kappa shape index (κ1) is 30.3. The van der Waals surface area contributed by atoms with Gasteiger partial charge in [-0.1, -0.05) is 32.9 Å². The van der Waals surface area contributed by atoms with Crippen molar-refractivity contribution in [3.05, 3.63) is 48.4 Å². The molecule has 0 bridgehead atoms. The molecule has 0 aliphatic heterocycles. The van der Waals surface area contributed by atoms with Crippen LogP contribution in [0.25, 0.3) is 11.0 Å². The molecular formula is C28H43N7O4. The van der Waals surface area contributed by atoms with E-state index < -0.39 is 18.4 Å². The second-order valence-corrected chi connectivity index (χ2v) is 11.0. The lowest BCUT2D eigenvalue weighted by molar-refractivity contribution is -0.111. The van der Waals surface area contributed by atoms with Crippen LogP contribution >= 0.6 is 0 Å². The molecule has 6 N–H and O–H groups in total. The number of rotatable bonds is 12. The Morgan fingerprint density at radius 2 is 1.85 bits per heavy atom. The lowest BCUT2D eigenvalue weighted by Crippen LogP contribution is -2.47. The van der Waals surface area contributed by atoms with E-state index in [0.29, 0.717) is 42.9 Å². The lowest BCUT2D eigenvalue weighted by atomic mass is 9.87. The van der Waals surface area contributed by atoms with Gasteiger partial charge in [-0.2, -0.15) is 0 Å². The average Bonchev–Trinajstić information content (AvgIpc) is 3.32. The smallest absolute Gasteiger partial charge is 0.319 e. The summed E-state index contributed by atoms with van der Waals surface area (Å²) in [6, 6.07) is 9.46. The van der Waals surface area contributed by atoms with E-state index in [1.807, 2.05) is 24.3 Å². The fourth-order valence-corrected chi connectivity index (χ4v) is 4.39. The van der Waals surface area contributed by atoms with Crippen LogP contribution in [0, 0.1) is 0 Å². The Kier molecular flexibility index (Phi) is 10.3. The van der Waals surface area contributed by atoms with Crippen LogP contribution in [0.4, 0.5) is 16.3 Å². The molecule has 0 aliphatic carbocycles. The van der Waals surface area contributed by atoms with Crippen molar-refractivity contribution in [3.63, 3.8) is 0 Å². The molecule has 1 aromatic carbocycles. The lowest BCUT2D eigenvalue weighted by Gasteiger charge is -2.34. The fourth-order valence-electron chi connectivity index (χ4n) is 4.39. The third-order valence-corrected chi connectivity index (χ3v) is 6.88. The monoisotopic (exact) mass is 541 g/mol. The number of aliphatic hydroxyl groups is 2. The number of aliphatic hydroxyl groups excluding tert-OH is 2. The van der Waals surface area contributed by atoms with E-state index in [1.165, 1.54) is 23.6 Å². The summed E-state index contributed by atoms with van der Waals surface area (Å²) >= 11 is 0. The van der Waals surface area contributed by atoms with Crippen molar-refractivity contribution in [3.8, 4) is 0 Å². The molecule has 0 radical (unpaired) electrons. The number of amides is 2. The van der Waals surface area contributed by atoms with E-state index in [9.17, 15) is 15.0 Å². The van der Waals surface area contributed by atoms with Gasteiger partial charge in [0.2, 0.25) is 0 Å². The molecule has 0 aliphatic rings. The number of carbonyl (C=O) groups excluding carboxylic acids is 1. The summed E-state index contributed by atoms with van der Waals surface area (Å²) < 4.78 is 7.05. The number of nitrogens with one attached hydrogen (secondary N) is 2. The summed E-state index contributed by atoms with van der Waals surface area (Å²) in [5, 5.41) is 28.3. The topological polar surface area (TPSA) is 151 Å². The van der Waals surface area contributed by atoms with Crippen LogP contribution in [0.15, 0.2) is 42.9 Å². The number of fused-ring (bicyclic) bond motifs is 1. The largest absolute Gasteiger partial charge is 0.386 e. The Bertz CT molecular complexity index is 1210. The van der Waals surface area contributed by atoms with E-state index >= 15 is 0 Å². The quantitative estimate of drug-likeness (QED) is 0.220. The fraction of sp³-hybridized carbons (Fsp3) is 0.536. The molecule has 0 spiro atoms. The third-order valence-electron chi connectivity index (χ3n) is 6.88. The Morgan fingerprint density at radius 3 is 2.46 bits per heavy atom. The van der Waals surface area contributed by atoms with Gasteiger partial charge in [0.05, 0.1) is 5.39 Å². The maximum Gasteiger partial charge on any atom is 0.319 e. The molecule has 2 aromatic heterocycles. The summed E-state index contributed by atoms with van der Waals surface area (Å²) in [7, 11) is 1.51. The number of benzene rings is 1. The van der Waals surface area contributed by atoms with Crippen molar-refractivity contribution in [2.24, 2.45) is 0 Å². The minimum absolute atomic E-state index is 0.0547. The van der Waals surface area contributed by atoms with Crippen molar-refractivity contribution in [2.45, 2.75) is 70.9 Å². The first-order valence-corrected chi connectivity index (χ1v) is 13.3. The average molecular weight is 542 g/mol. The summed E-state index contributed by atoms with van der Waals surface area (Å²) in [6.07, 6.45) is 0.439. The van der Waals surface area contributed by atoms with Gasteiger partial charge in [-0.25, -0.2) is 14.8 Å². The highest BCUT2D eigenvalue weighted by molar-refractivity contribution is 5.89. The van der Waals surface area contributed by atoms with E-state index in [4.69, 9.17) is 10.5 Å². The van der Waals surface area contributed by atoms with Gasteiger partial charge in [-0.05, 0) is 49.4 Å². The molecule has 0 saturated heterocycles. The van der Waals surface area contributed by atoms with Crippen molar-refractivity contribution >= 4 is 28.6 Å². The van der Waals surface area contributed by atoms with Crippen LogP contribution in [0.5, 0.6) is 0 Å². The summed E-state index contributed by atoms with van der Waals surface area (Å²) in [5.74, 6) is 0.301. The molecule has 0 saturated carbocycles. The second-order valence-electron chi connectivity index (χ2n) is 11.0. The predicted octanol–water partition coefficient (Wildman–Crippen LogP) is 3.10. The second kappa shape index (κ2) is 13.2. The first-order chi connectivity index (χ1) is 18.4. The van der Waals surface area contributed by atoms with E-state index in [1.54, 1.807) is 12.3 Å². The number of hydrogen-bond acceptors (Lipinski definition) is 8. The van der Waals surface area contributed by atoms with Crippen LogP contribution < -0.4 is 16.4 Å². The van der Waals surface area contributed by atoms with Crippen LogP contribution in [0.2, 0.25) is 0 Å². The molecule has 2 heterocycles. The van der Waals surface area contributed by atoms with Crippen molar-refractivity contribution in [1.82, 2.24) is 24.8 Å². The summed E-state index contributed by atoms with van der Waals surface area (Å²) in [5.41, 5.74) is 8.32. The number of aromatic nitrogens is 3. The molecule has 214 valence electrons. The molecular weight excluding hydrogens is 498 g/mol. The Morgan fingerprint density at radius 1 is 1.15 bits per heavy atom. The van der Waals surface area contributed by atoms with Crippen molar-refractivity contribution in [1.29, 1.82) is 0 Å². The predicted molar refractivity (Wildman–Crippen MR) is 153 cm³/mol. The van der Waals surface area contributed by atoms with E-state index in [2.05, 4.69) is 60.1 Å². The van der Waals surface area contributed by atoms with Gasteiger partial charge in [0.15, 0.2) is 6.23 Å². The Balaban J connectivity index is 1.51. The number of nitrogen functional groups attached to an aromatic ring is 1. The number of anilines is 2. The number of nitrogens with two attached hydrogens (primary N) is 1. The SMILES string of the molecule is CO[C@H](CN(CCCNC(=O)Nc1ccc(C(C)(C)C)cc1)C(C)C)[C@@H](O)[C@@H](O)n1ccc2c(N)ncnc21. The zero-order valence-electron chi connectivity index (χ0n) is 23.8. The number of ether oxygens (including phenoxy) is 1. The first-order valence-electron chi connectivity index (χ1n) is 13.3. The van der Waals surface area contributed by atoms with Gasteiger partial charge in [0.25, 0.3) is 0 Å². The molecule has 3 aromatic rings. The highest BCUT2D eigenvalue weighted by Gasteiger charge is 2.31. The van der Waals surface area contributed by atoms with E-state index in [0.717, 1.165) is 5.69 Å². The van der Waals surface area contributed by atoms with Crippen LogP contribution in [0.1, 0.15) is 52.8 Å². The van der Waals surface area contributed by atoms with Crippen LogP contribution in [-0.4, -0.2) is 80.7 Å². The minimum atomic E-state index is -1.29. The molecule has 0 unspecified atom stereocenters. The van der Waals surface area contributed by atoms with Crippen LogP contribution in [0.3, 0.4) is 0 Å². The van der Waals surface area contributed by atoms with Crippen molar-refractivity contribution in [2.75, 3.05) is 37.8 Å². The maximum absolute atomic E-state index is 12.4. The maximum atomic E-state index is 12.4. The number of urea groups is 1. The van der Waals surface area contributed by atoms with Gasteiger partial charge in [0, 0.05) is 44.7 Å². The Labute approximate surface area is 230 Å². The van der Waals surface area contributed by atoms with Gasteiger partial charge < -0.3 is 35.9 Å². The summed E-state index contributed by atoms with van der Waals surface area (Å²) in [4.78, 5) is 22.6. The van der Waals surface area contributed by atoms with Crippen LogP contribution in [-0.2, 0) is 10.2 Å². The third kappa shape index (κ3) is 7.89. The molecule has 11 nitrogen and oxygen atoms in total. The molecule has 11 heteroatoms. The van der Waals surface area contributed by atoms with Gasteiger partial charge in [0.1, 0.15) is 30.0 Å². The standard InChI is InChI=1S/C28H43N7O4/c1-18(2)34(14-7-13-30-27(38)33-20-10-8-19(9-11-20)28(3,4)5)16-22(39-6)23(36)26(37)35-15-12-21-24(29)31-17-32-25(21)35/h8-12,15,17-18,22-23,26,36-37H,7,13-14,16H2,1-6H3,(H2,29,31,32)(H2,30,33,38)/t22-,23-,26-/m1/s1. The normalized spacial score (nSPS) is 14.5.